The van der Waals surface area contributed by atoms with Gasteiger partial charge in [-0.1, -0.05) is 58.3 Å². The van der Waals surface area contributed by atoms with Crippen molar-refractivity contribution in [3.05, 3.63) is 47.9 Å². The smallest absolute Gasteiger partial charge is 0.144 e. The van der Waals surface area contributed by atoms with Crippen molar-refractivity contribution in [2.75, 3.05) is 6.61 Å². The third-order valence-electron chi connectivity index (χ3n) is 5.55. The van der Waals surface area contributed by atoms with Crippen LogP contribution < -0.4 is 4.74 Å². The molecule has 4 heteroatoms. The molecule has 0 aromatic carbocycles. The lowest BCUT2D eigenvalue weighted by atomic mass is 10.1. The Morgan fingerprint density at radius 3 is 2.40 bits per heavy atom. The van der Waals surface area contributed by atoms with Crippen LogP contribution in [0.4, 0.5) is 0 Å². The molecule has 162 valence electrons. The van der Waals surface area contributed by atoms with Crippen molar-refractivity contribution in [1.82, 2.24) is 9.97 Å². The van der Waals surface area contributed by atoms with Gasteiger partial charge in [0.05, 0.1) is 29.4 Å². The number of unbranched alkanes of at least 4 members (excludes halogenated alkanes) is 8. The first-order valence-corrected chi connectivity index (χ1v) is 11.8. The number of nitrogens with zero attached hydrogens (tertiary/aromatic N) is 1. The zero-order valence-electron chi connectivity index (χ0n) is 18.7. The summed E-state index contributed by atoms with van der Waals surface area (Å²) in [6.07, 6.45) is 21.6. The van der Waals surface area contributed by atoms with Crippen LogP contribution in [0.2, 0.25) is 0 Å². The van der Waals surface area contributed by atoms with Crippen molar-refractivity contribution in [2.45, 2.75) is 78.1 Å². The van der Waals surface area contributed by atoms with Crippen LogP contribution in [-0.2, 0) is 0 Å². The van der Waals surface area contributed by atoms with E-state index in [1.807, 2.05) is 25.3 Å². The summed E-state index contributed by atoms with van der Waals surface area (Å²) >= 11 is 0. The third kappa shape index (κ3) is 6.79. The van der Waals surface area contributed by atoms with E-state index in [9.17, 15) is 0 Å². The van der Waals surface area contributed by atoms with E-state index < -0.39 is 0 Å². The van der Waals surface area contributed by atoms with Crippen molar-refractivity contribution in [1.29, 1.82) is 0 Å². The van der Waals surface area contributed by atoms with E-state index in [0.29, 0.717) is 6.61 Å². The molecular formula is C26H37N3O. The molecule has 0 spiro atoms. The molecule has 0 radical (unpaired) electrons. The van der Waals surface area contributed by atoms with Crippen molar-refractivity contribution < 1.29 is 4.74 Å². The fraction of sp³-hybridized carbons (Fsp3) is 0.500. The SMILES string of the molecule is CCCCCCCCCCCC1=NC(=Cc2[nH]c(-c3ccc[nH]3)cc2OCC)C=C1. The van der Waals surface area contributed by atoms with Crippen LogP contribution in [0.3, 0.4) is 0 Å². The number of hydrogen-bond acceptors (Lipinski definition) is 2. The zero-order valence-corrected chi connectivity index (χ0v) is 18.7. The summed E-state index contributed by atoms with van der Waals surface area (Å²) in [7, 11) is 0. The Balaban J connectivity index is 1.48. The minimum absolute atomic E-state index is 0.640. The minimum atomic E-state index is 0.640. The van der Waals surface area contributed by atoms with Crippen LogP contribution >= 0.6 is 0 Å². The van der Waals surface area contributed by atoms with Crippen molar-refractivity contribution in [3.63, 3.8) is 0 Å². The van der Waals surface area contributed by atoms with Gasteiger partial charge in [0.1, 0.15) is 5.75 Å². The van der Waals surface area contributed by atoms with Gasteiger partial charge in [-0.3, -0.25) is 4.99 Å². The molecule has 30 heavy (non-hydrogen) atoms. The Morgan fingerprint density at radius 2 is 1.70 bits per heavy atom. The summed E-state index contributed by atoms with van der Waals surface area (Å²) in [5, 5.41) is 0. The first-order chi connectivity index (χ1) is 14.8. The fourth-order valence-electron chi connectivity index (χ4n) is 3.88. The molecule has 3 rings (SSSR count). The molecule has 0 amide bonds. The predicted molar refractivity (Wildman–Crippen MR) is 128 cm³/mol. The molecule has 1 aliphatic rings. The Hall–Kier alpha value is -2.49. The number of allylic oxidation sites excluding steroid dienone is 2. The van der Waals surface area contributed by atoms with E-state index >= 15 is 0 Å². The second-order valence-corrected chi connectivity index (χ2v) is 8.06. The third-order valence-corrected chi connectivity index (χ3v) is 5.55. The van der Waals surface area contributed by atoms with Gasteiger partial charge in [0, 0.05) is 18.0 Å². The molecule has 0 saturated heterocycles. The quantitative estimate of drug-likeness (QED) is 0.310. The number of aliphatic imine (C=N–C) groups is 1. The highest BCUT2D eigenvalue weighted by Gasteiger charge is 2.12. The summed E-state index contributed by atoms with van der Waals surface area (Å²) in [6, 6.07) is 6.10. The lowest BCUT2D eigenvalue weighted by Crippen LogP contribution is -1.92. The van der Waals surface area contributed by atoms with E-state index in [2.05, 4.69) is 41.2 Å². The van der Waals surface area contributed by atoms with Crippen molar-refractivity contribution in [2.24, 2.45) is 4.99 Å². The molecule has 0 atom stereocenters. The van der Waals surface area contributed by atoms with Crippen LogP contribution in [0.15, 0.2) is 47.2 Å². The number of rotatable bonds is 14. The Labute approximate surface area is 181 Å². The maximum Gasteiger partial charge on any atom is 0.144 e. The molecule has 2 N–H and O–H groups in total. The standard InChI is InChI=1S/C26H37N3O/c1-3-5-6-7-8-9-10-11-12-14-21-16-17-22(28-21)19-25-26(30-4-2)20-24(29-25)23-15-13-18-27-23/h13,15-20,27,29H,3-12,14H2,1-2H3. The maximum absolute atomic E-state index is 5.82. The Morgan fingerprint density at radius 1 is 0.933 bits per heavy atom. The highest BCUT2D eigenvalue weighted by molar-refractivity contribution is 5.99. The first kappa shape index (κ1) is 22.2. The fourth-order valence-corrected chi connectivity index (χ4v) is 3.88. The molecule has 1 aliphatic heterocycles. The van der Waals surface area contributed by atoms with Crippen molar-refractivity contribution in [3.8, 4) is 17.1 Å². The van der Waals surface area contributed by atoms with Crippen LogP contribution in [0.1, 0.15) is 83.7 Å². The summed E-state index contributed by atoms with van der Waals surface area (Å²) < 4.78 is 5.82. The summed E-state index contributed by atoms with van der Waals surface area (Å²) in [4.78, 5) is 11.5. The first-order valence-electron chi connectivity index (χ1n) is 11.8. The number of ether oxygens (including phenoxy) is 1. The average molecular weight is 408 g/mol. The predicted octanol–water partition coefficient (Wildman–Crippen LogP) is 7.68. The van der Waals surface area contributed by atoms with Gasteiger partial charge in [-0.2, -0.15) is 0 Å². The van der Waals surface area contributed by atoms with Crippen molar-refractivity contribution >= 4 is 11.8 Å². The van der Waals surface area contributed by atoms with Crippen LogP contribution in [0, 0.1) is 0 Å². The minimum Gasteiger partial charge on any atom is -0.492 e. The molecule has 0 bridgehead atoms. The molecule has 3 heterocycles. The summed E-state index contributed by atoms with van der Waals surface area (Å²) in [5.41, 5.74) is 5.22. The van der Waals surface area contributed by atoms with E-state index in [0.717, 1.165) is 34.9 Å². The van der Waals surface area contributed by atoms with Gasteiger partial charge in [-0.05, 0) is 50.1 Å². The van der Waals surface area contributed by atoms with E-state index in [1.54, 1.807) is 0 Å². The second-order valence-electron chi connectivity index (χ2n) is 8.06. The van der Waals surface area contributed by atoms with Gasteiger partial charge in [-0.15, -0.1) is 0 Å². The molecule has 2 aromatic rings. The Kier molecular flexibility index (Phi) is 9.07. The van der Waals surface area contributed by atoms with Crippen LogP contribution in [0.5, 0.6) is 5.75 Å². The second kappa shape index (κ2) is 12.3. The van der Waals surface area contributed by atoms with Gasteiger partial charge in [-0.25, -0.2) is 0 Å². The summed E-state index contributed by atoms with van der Waals surface area (Å²) in [6.45, 7) is 4.92. The average Bonchev–Trinajstić information content (AvgIpc) is 3.49. The van der Waals surface area contributed by atoms with E-state index in [1.165, 1.54) is 63.5 Å². The molecule has 4 nitrogen and oxygen atoms in total. The highest BCUT2D eigenvalue weighted by atomic mass is 16.5. The van der Waals surface area contributed by atoms with E-state index in [4.69, 9.17) is 9.73 Å². The number of aromatic nitrogens is 2. The number of aromatic amines is 2. The summed E-state index contributed by atoms with van der Waals surface area (Å²) in [5.74, 6) is 0.866. The zero-order chi connectivity index (χ0) is 21.0. The topological polar surface area (TPSA) is 53.2 Å². The van der Waals surface area contributed by atoms with Gasteiger partial charge in [0.2, 0.25) is 0 Å². The monoisotopic (exact) mass is 407 g/mol. The molecule has 2 aromatic heterocycles. The Bertz CT molecular complexity index is 840. The normalized spacial score (nSPS) is 14.6. The maximum atomic E-state index is 5.82. The van der Waals surface area contributed by atoms with Gasteiger partial charge < -0.3 is 14.7 Å². The largest absolute Gasteiger partial charge is 0.492 e. The van der Waals surface area contributed by atoms with Gasteiger partial charge in [0.25, 0.3) is 0 Å². The van der Waals surface area contributed by atoms with Gasteiger partial charge >= 0.3 is 0 Å². The molecule has 0 fully saturated rings. The van der Waals surface area contributed by atoms with E-state index in [-0.39, 0.29) is 0 Å². The lowest BCUT2D eigenvalue weighted by Gasteiger charge is -2.02. The van der Waals surface area contributed by atoms with Crippen LogP contribution in [0.25, 0.3) is 17.5 Å². The number of nitrogens with one attached hydrogen (secondary N) is 2. The van der Waals surface area contributed by atoms with Crippen LogP contribution in [-0.4, -0.2) is 22.3 Å². The van der Waals surface area contributed by atoms with Gasteiger partial charge in [0.15, 0.2) is 0 Å². The highest BCUT2D eigenvalue weighted by Crippen LogP contribution is 2.29. The molecule has 0 aliphatic carbocycles. The lowest BCUT2D eigenvalue weighted by molar-refractivity contribution is 0.340. The molecular weight excluding hydrogens is 370 g/mol. The number of hydrogen-bond donors (Lipinski definition) is 2. The number of H-pyrrole nitrogens is 2. The molecule has 0 unspecified atom stereocenters. The molecule has 0 saturated carbocycles.